The van der Waals surface area contributed by atoms with Gasteiger partial charge in [0.25, 0.3) is 0 Å². The summed E-state index contributed by atoms with van der Waals surface area (Å²) < 4.78 is 37.9. The largest absolute Gasteiger partial charge is 0.508 e. The Kier molecular flexibility index (Phi) is 23.0. The Morgan fingerprint density at radius 3 is 1.21 bits per heavy atom. The van der Waals surface area contributed by atoms with Crippen LogP contribution < -0.4 is 23.7 Å². The molecule has 6 aromatic rings. The van der Waals surface area contributed by atoms with Crippen LogP contribution in [0.2, 0.25) is 0 Å². The van der Waals surface area contributed by atoms with E-state index in [1.54, 1.807) is 33.5 Å². The minimum Gasteiger partial charge on any atom is -0.508 e. The van der Waals surface area contributed by atoms with Crippen LogP contribution in [0.5, 0.6) is 34.5 Å². The van der Waals surface area contributed by atoms with Crippen molar-refractivity contribution in [2.24, 2.45) is 0 Å². The number of rotatable bonds is 16. The molecule has 2 saturated carbocycles. The zero-order valence-corrected chi connectivity index (χ0v) is 48.5. The van der Waals surface area contributed by atoms with Crippen molar-refractivity contribution in [3.05, 3.63) is 179 Å². The number of esters is 2. The number of aromatic hydroxyl groups is 1. The Morgan fingerprint density at radius 1 is 0.513 bits per heavy atom. The Hall–Kier alpha value is -5.52. The molecule has 1 radical (unpaired) electrons. The second-order valence-corrected chi connectivity index (χ2v) is 20.4. The number of carbonyl (C=O) groups is 2. The second kappa shape index (κ2) is 29.3. The molecule has 10 nitrogen and oxygen atoms in total. The van der Waals surface area contributed by atoms with Gasteiger partial charge in [0.2, 0.25) is 0 Å². The molecule has 2 aliphatic carbocycles. The van der Waals surface area contributed by atoms with Gasteiger partial charge in [-0.1, -0.05) is 118 Å². The molecular formula is C65H78O10Y. The molecule has 0 aromatic heterocycles. The zero-order chi connectivity index (χ0) is 53.1. The van der Waals surface area contributed by atoms with Crippen LogP contribution in [0.4, 0.5) is 0 Å². The second-order valence-electron chi connectivity index (χ2n) is 20.4. The number of carbonyl (C=O) groups excluding carboxylic acids is 2. The standard InChI is InChI=1S/C24H32O4.C22H24O4.C19H22O2.Y/c1-24(19-8-12-21(25-2)13-9-19,20-10-14-22(26-3)15-11-20)16-6-18-28-23-7-4-5-17-27-23;1-16(23)25-20-10-6-18(7-11-20)22(14-4-3-5-15-22)19-8-12-21(13-9-19)26-17(2)24;1-21-18-11-7-16(8-12-18)19(13-3-2-4-14-19)15-5-9-17(20)10-6-15;/h8-15,23H,4-7,16-18H2,1-3H3;6-13H,3-5,14-15H2,1-2H3;5-12,20H,2-4,13-14H2,1H3;. The van der Waals surface area contributed by atoms with Gasteiger partial charge in [-0.3, -0.25) is 9.59 Å². The first-order chi connectivity index (χ1) is 36.4. The molecule has 1 saturated heterocycles. The van der Waals surface area contributed by atoms with E-state index >= 15 is 0 Å². The summed E-state index contributed by atoms with van der Waals surface area (Å²) in [6.45, 7) is 6.64. The summed E-state index contributed by atoms with van der Waals surface area (Å²) in [5.74, 6) is 3.49. The van der Waals surface area contributed by atoms with Crippen LogP contribution >= 0.6 is 0 Å². The number of hydrogen-bond donors (Lipinski definition) is 1. The van der Waals surface area contributed by atoms with Crippen molar-refractivity contribution >= 4 is 11.9 Å². The normalized spacial score (nSPS) is 16.6. The molecule has 1 N–H and O–H groups in total. The molecule has 0 bridgehead atoms. The first kappa shape index (κ1) is 59.7. The first-order valence-corrected chi connectivity index (χ1v) is 26.9. The number of methoxy groups -OCH3 is 3. The van der Waals surface area contributed by atoms with Crippen LogP contribution in [-0.2, 0) is 68.0 Å². The number of phenols is 1. The fraction of sp³-hybridized carbons (Fsp3) is 0.415. The maximum absolute atomic E-state index is 11.1. The molecule has 3 aliphatic rings. The van der Waals surface area contributed by atoms with Gasteiger partial charge in [0.05, 0.1) is 21.3 Å². The van der Waals surface area contributed by atoms with Crippen molar-refractivity contribution in [2.45, 2.75) is 140 Å². The van der Waals surface area contributed by atoms with Gasteiger partial charge in [-0.05, 0) is 164 Å². The summed E-state index contributed by atoms with van der Waals surface area (Å²) in [6.07, 6.45) is 17.2. The van der Waals surface area contributed by atoms with Gasteiger partial charge in [-0.2, -0.15) is 0 Å². The number of benzene rings is 6. The van der Waals surface area contributed by atoms with E-state index in [9.17, 15) is 14.7 Å². The fourth-order valence-electron chi connectivity index (χ4n) is 11.4. The molecule has 3 fully saturated rings. The molecule has 401 valence electrons. The molecule has 1 atom stereocenters. The topological polar surface area (TPSA) is 119 Å². The Labute approximate surface area is 477 Å². The Morgan fingerprint density at radius 2 is 0.868 bits per heavy atom. The third-order valence-corrected chi connectivity index (χ3v) is 15.5. The average molecular weight is 1110 g/mol. The monoisotopic (exact) mass is 1110 g/mol. The molecule has 76 heavy (non-hydrogen) atoms. The summed E-state index contributed by atoms with van der Waals surface area (Å²) in [7, 11) is 5.09. The Balaban J connectivity index is 0.000000186. The summed E-state index contributed by atoms with van der Waals surface area (Å²) in [5.41, 5.74) is 7.58. The molecule has 1 heterocycles. The van der Waals surface area contributed by atoms with Crippen molar-refractivity contribution in [3.8, 4) is 34.5 Å². The van der Waals surface area contributed by atoms with Crippen LogP contribution in [0, 0.1) is 0 Å². The van der Waals surface area contributed by atoms with E-state index in [1.165, 1.54) is 105 Å². The quantitative estimate of drug-likeness (QED) is 0.0570. The maximum atomic E-state index is 11.1. The van der Waals surface area contributed by atoms with Gasteiger partial charge in [-0.15, -0.1) is 0 Å². The number of hydrogen-bond acceptors (Lipinski definition) is 10. The maximum Gasteiger partial charge on any atom is 0.308 e. The molecule has 11 heteroatoms. The SMILES string of the molecule is CC(=O)Oc1ccc(C2(c3ccc(OC(C)=O)cc3)CCCCC2)cc1.COc1ccc(C(C)(CCCOC2CCCCO2)c2ccc(OC)cc2)cc1.COc1ccc(C2(c3ccc(O)cc3)CCCCC2)cc1.[Y]. The molecule has 0 spiro atoms. The van der Waals surface area contributed by atoms with E-state index in [2.05, 4.69) is 79.7 Å². The van der Waals surface area contributed by atoms with Crippen LogP contribution in [-0.4, -0.2) is 57.9 Å². The Bertz CT molecular complexity index is 2540. The van der Waals surface area contributed by atoms with Crippen LogP contribution in [0.25, 0.3) is 0 Å². The van der Waals surface area contributed by atoms with E-state index < -0.39 is 0 Å². The average Bonchev–Trinajstić information content (AvgIpc) is 3.45. The van der Waals surface area contributed by atoms with Gasteiger partial charge in [0.15, 0.2) is 6.29 Å². The van der Waals surface area contributed by atoms with Crippen molar-refractivity contribution in [1.82, 2.24) is 0 Å². The smallest absolute Gasteiger partial charge is 0.308 e. The van der Waals surface area contributed by atoms with E-state index in [0.717, 1.165) is 62.4 Å². The molecule has 1 aliphatic heterocycles. The molecule has 0 amide bonds. The van der Waals surface area contributed by atoms with Crippen molar-refractivity contribution < 1.29 is 80.6 Å². The summed E-state index contributed by atoms with van der Waals surface area (Å²) in [6, 6.07) is 48.7. The van der Waals surface area contributed by atoms with Crippen LogP contribution in [0.15, 0.2) is 146 Å². The third kappa shape index (κ3) is 15.8. The minimum absolute atomic E-state index is 0. The zero-order valence-electron chi connectivity index (χ0n) is 45.7. The van der Waals surface area contributed by atoms with E-state index in [4.69, 9.17) is 33.2 Å². The van der Waals surface area contributed by atoms with Gasteiger partial charge in [-0.25, -0.2) is 0 Å². The van der Waals surface area contributed by atoms with Gasteiger partial charge >= 0.3 is 11.9 Å². The summed E-state index contributed by atoms with van der Waals surface area (Å²) >= 11 is 0. The molecule has 9 rings (SSSR count). The van der Waals surface area contributed by atoms with Crippen molar-refractivity contribution in [3.63, 3.8) is 0 Å². The first-order valence-electron chi connectivity index (χ1n) is 26.9. The van der Waals surface area contributed by atoms with E-state index in [0.29, 0.717) is 23.9 Å². The minimum atomic E-state index is -0.314. The van der Waals surface area contributed by atoms with Gasteiger partial charge in [0, 0.05) is 76.0 Å². The molecule has 6 aromatic carbocycles. The summed E-state index contributed by atoms with van der Waals surface area (Å²) in [4.78, 5) is 22.3. The van der Waals surface area contributed by atoms with Crippen molar-refractivity contribution in [1.29, 1.82) is 0 Å². The number of phenolic OH excluding ortho intramolecular Hbond substituents is 1. The van der Waals surface area contributed by atoms with Crippen molar-refractivity contribution in [2.75, 3.05) is 34.5 Å². The van der Waals surface area contributed by atoms with Crippen LogP contribution in [0.3, 0.4) is 0 Å². The van der Waals surface area contributed by atoms with E-state index in [-0.39, 0.29) is 67.2 Å². The number of ether oxygens (including phenoxy) is 7. The van der Waals surface area contributed by atoms with Crippen LogP contribution in [0.1, 0.15) is 150 Å². The predicted octanol–water partition coefficient (Wildman–Crippen LogP) is 14.8. The third-order valence-electron chi connectivity index (χ3n) is 15.5. The predicted molar refractivity (Wildman–Crippen MR) is 296 cm³/mol. The van der Waals surface area contributed by atoms with E-state index in [1.807, 2.05) is 60.7 Å². The van der Waals surface area contributed by atoms with Gasteiger partial charge < -0.3 is 38.3 Å². The molecular weight excluding hydrogens is 1030 g/mol. The molecule has 1 unspecified atom stereocenters. The van der Waals surface area contributed by atoms with Gasteiger partial charge in [0.1, 0.15) is 34.5 Å². The summed E-state index contributed by atoms with van der Waals surface area (Å²) in [5, 5.41) is 9.56. The fourth-order valence-corrected chi connectivity index (χ4v) is 11.4.